The van der Waals surface area contributed by atoms with E-state index in [0.717, 1.165) is 13.1 Å². The molecule has 0 aliphatic carbocycles. The number of ether oxygens (including phenoxy) is 1. The van der Waals surface area contributed by atoms with Gasteiger partial charge in [0.1, 0.15) is 5.60 Å². The molecule has 0 spiro atoms. The predicted molar refractivity (Wildman–Crippen MR) is 69.1 cm³/mol. The zero-order chi connectivity index (χ0) is 13.8. The van der Waals surface area contributed by atoms with Crippen LogP contribution in [0, 0.1) is 11.3 Å². The van der Waals surface area contributed by atoms with Crippen LogP contribution >= 0.6 is 0 Å². The predicted octanol–water partition coefficient (Wildman–Crippen LogP) is 1.84. The van der Waals surface area contributed by atoms with E-state index in [2.05, 4.69) is 17.9 Å². The second kappa shape index (κ2) is 6.05. The highest BCUT2D eigenvalue weighted by Crippen LogP contribution is 2.14. The minimum atomic E-state index is -0.446. The number of rotatable bonds is 2. The van der Waals surface area contributed by atoms with Crippen molar-refractivity contribution in [2.24, 2.45) is 0 Å². The second-order valence-electron chi connectivity index (χ2n) is 5.72. The van der Waals surface area contributed by atoms with Gasteiger partial charge in [0.25, 0.3) is 0 Å². The van der Waals surface area contributed by atoms with Crippen molar-refractivity contribution in [1.29, 1.82) is 5.26 Å². The lowest BCUT2D eigenvalue weighted by molar-refractivity contribution is 0.00612. The van der Waals surface area contributed by atoms with Crippen molar-refractivity contribution < 1.29 is 9.53 Å². The van der Waals surface area contributed by atoms with E-state index in [1.807, 2.05) is 20.8 Å². The summed E-state index contributed by atoms with van der Waals surface area (Å²) in [6.45, 7) is 10.6. The van der Waals surface area contributed by atoms with Gasteiger partial charge in [-0.15, -0.1) is 0 Å². The van der Waals surface area contributed by atoms with Gasteiger partial charge in [0, 0.05) is 38.6 Å². The molecule has 1 atom stereocenters. The smallest absolute Gasteiger partial charge is 0.410 e. The molecule has 1 amide bonds. The third-order valence-corrected chi connectivity index (χ3v) is 2.93. The van der Waals surface area contributed by atoms with E-state index in [1.54, 1.807) is 4.90 Å². The van der Waals surface area contributed by atoms with Crippen molar-refractivity contribution in [1.82, 2.24) is 9.80 Å². The summed E-state index contributed by atoms with van der Waals surface area (Å²) in [5.74, 6) is 0. The molecule has 1 aliphatic rings. The molecule has 0 radical (unpaired) electrons. The topological polar surface area (TPSA) is 56.6 Å². The van der Waals surface area contributed by atoms with Crippen molar-refractivity contribution in [2.75, 3.05) is 26.2 Å². The molecule has 1 heterocycles. The molecular formula is C13H23N3O2. The molecule has 5 nitrogen and oxygen atoms in total. The van der Waals surface area contributed by atoms with Gasteiger partial charge < -0.3 is 9.64 Å². The Morgan fingerprint density at radius 3 is 2.61 bits per heavy atom. The third kappa shape index (κ3) is 4.53. The Labute approximate surface area is 109 Å². The molecule has 5 heteroatoms. The fourth-order valence-electron chi connectivity index (χ4n) is 2.01. The van der Waals surface area contributed by atoms with Gasteiger partial charge in [0.15, 0.2) is 0 Å². The molecule has 1 rings (SSSR count). The van der Waals surface area contributed by atoms with Gasteiger partial charge in [-0.25, -0.2) is 4.79 Å². The maximum absolute atomic E-state index is 11.9. The summed E-state index contributed by atoms with van der Waals surface area (Å²) in [6.07, 6.45) is 0.297. The van der Waals surface area contributed by atoms with E-state index in [1.165, 1.54) is 0 Å². The first-order valence-electron chi connectivity index (χ1n) is 6.42. The molecule has 0 N–H and O–H groups in total. The van der Waals surface area contributed by atoms with Gasteiger partial charge >= 0.3 is 6.09 Å². The summed E-state index contributed by atoms with van der Waals surface area (Å²) in [5, 5.41) is 8.59. The first kappa shape index (κ1) is 14.8. The lowest BCUT2D eigenvalue weighted by atomic mass is 10.2. The van der Waals surface area contributed by atoms with Crippen LogP contribution in [-0.2, 0) is 4.74 Å². The van der Waals surface area contributed by atoms with Crippen LogP contribution in [0.5, 0.6) is 0 Å². The molecule has 0 bridgehead atoms. The Bertz CT molecular complexity index is 330. The maximum Gasteiger partial charge on any atom is 0.410 e. The van der Waals surface area contributed by atoms with Crippen molar-refractivity contribution in [3.8, 4) is 6.07 Å². The van der Waals surface area contributed by atoms with Crippen LogP contribution in [0.1, 0.15) is 34.1 Å². The third-order valence-electron chi connectivity index (χ3n) is 2.93. The first-order valence-corrected chi connectivity index (χ1v) is 6.42. The Morgan fingerprint density at radius 1 is 1.44 bits per heavy atom. The summed E-state index contributed by atoms with van der Waals surface area (Å²) in [6, 6.07) is 2.43. The van der Waals surface area contributed by atoms with Crippen molar-refractivity contribution in [3.63, 3.8) is 0 Å². The van der Waals surface area contributed by atoms with Crippen LogP contribution in [-0.4, -0.2) is 53.7 Å². The maximum atomic E-state index is 11.9. The summed E-state index contributed by atoms with van der Waals surface area (Å²) < 4.78 is 5.36. The van der Waals surface area contributed by atoms with E-state index < -0.39 is 5.60 Å². The molecule has 1 aliphatic heterocycles. The van der Waals surface area contributed by atoms with E-state index in [4.69, 9.17) is 10.00 Å². The highest BCUT2D eigenvalue weighted by Gasteiger charge is 2.29. The van der Waals surface area contributed by atoms with Gasteiger partial charge in [-0.1, -0.05) is 0 Å². The summed E-state index contributed by atoms with van der Waals surface area (Å²) in [5.41, 5.74) is -0.446. The Balaban J connectivity index is 2.45. The molecule has 0 aromatic carbocycles. The fourth-order valence-corrected chi connectivity index (χ4v) is 2.01. The number of amides is 1. The van der Waals surface area contributed by atoms with E-state index in [9.17, 15) is 4.79 Å². The van der Waals surface area contributed by atoms with Crippen molar-refractivity contribution >= 4 is 6.09 Å². The molecule has 0 aromatic heterocycles. The van der Waals surface area contributed by atoms with E-state index in [-0.39, 0.29) is 12.1 Å². The Kier molecular flexibility index (Phi) is 4.97. The van der Waals surface area contributed by atoms with Gasteiger partial charge in [-0.05, 0) is 27.7 Å². The van der Waals surface area contributed by atoms with Crippen LogP contribution < -0.4 is 0 Å². The molecule has 1 fully saturated rings. The molecule has 1 unspecified atom stereocenters. The second-order valence-corrected chi connectivity index (χ2v) is 5.72. The van der Waals surface area contributed by atoms with Gasteiger partial charge in [0.2, 0.25) is 0 Å². The van der Waals surface area contributed by atoms with Crippen LogP contribution in [0.4, 0.5) is 4.79 Å². The van der Waals surface area contributed by atoms with Crippen LogP contribution in [0.15, 0.2) is 0 Å². The average molecular weight is 253 g/mol. The summed E-state index contributed by atoms with van der Waals surface area (Å²) in [4.78, 5) is 15.9. The highest BCUT2D eigenvalue weighted by atomic mass is 16.6. The minimum absolute atomic E-state index is 0.241. The van der Waals surface area contributed by atoms with Crippen LogP contribution in [0.2, 0.25) is 0 Å². The Morgan fingerprint density at radius 2 is 2.11 bits per heavy atom. The molecule has 102 valence electrons. The van der Waals surface area contributed by atoms with Crippen molar-refractivity contribution in [2.45, 2.75) is 45.8 Å². The van der Waals surface area contributed by atoms with Gasteiger partial charge in [-0.2, -0.15) is 5.26 Å². The number of hydrogen-bond acceptors (Lipinski definition) is 4. The van der Waals surface area contributed by atoms with Gasteiger partial charge in [-0.3, -0.25) is 4.90 Å². The number of piperazine rings is 1. The first-order chi connectivity index (χ1) is 8.33. The molecule has 0 aromatic rings. The van der Waals surface area contributed by atoms with Crippen LogP contribution in [0.25, 0.3) is 0 Å². The zero-order valence-corrected chi connectivity index (χ0v) is 11.8. The monoisotopic (exact) mass is 253 g/mol. The largest absolute Gasteiger partial charge is 0.444 e. The standard InChI is InChI=1S/C13H23N3O2/c1-11-10-16(12(17)18-13(2,3)4)9-8-15(11)7-5-6-14/h11H,5,7-10H2,1-4H3. The number of carbonyl (C=O) groups excluding carboxylic acids is 1. The number of nitrogens with zero attached hydrogens (tertiary/aromatic N) is 3. The highest BCUT2D eigenvalue weighted by molar-refractivity contribution is 5.68. The normalized spacial score (nSPS) is 21.5. The molecular weight excluding hydrogens is 230 g/mol. The number of hydrogen-bond donors (Lipinski definition) is 0. The summed E-state index contributed by atoms with van der Waals surface area (Å²) >= 11 is 0. The zero-order valence-electron chi connectivity index (χ0n) is 11.8. The van der Waals surface area contributed by atoms with Crippen molar-refractivity contribution in [3.05, 3.63) is 0 Å². The summed E-state index contributed by atoms with van der Waals surface area (Å²) in [7, 11) is 0. The molecule has 1 saturated heterocycles. The number of nitriles is 1. The minimum Gasteiger partial charge on any atom is -0.444 e. The quantitative estimate of drug-likeness (QED) is 0.753. The fraction of sp³-hybridized carbons (Fsp3) is 0.846. The lowest BCUT2D eigenvalue weighted by Gasteiger charge is -2.39. The number of carbonyl (C=O) groups is 1. The lowest BCUT2D eigenvalue weighted by Crippen LogP contribution is -2.54. The molecule has 18 heavy (non-hydrogen) atoms. The van der Waals surface area contributed by atoms with Crippen LogP contribution in [0.3, 0.4) is 0 Å². The van der Waals surface area contributed by atoms with Gasteiger partial charge in [0.05, 0.1) is 6.07 Å². The Hall–Kier alpha value is -1.28. The van der Waals surface area contributed by atoms with E-state index >= 15 is 0 Å². The average Bonchev–Trinajstić information content (AvgIpc) is 2.25. The SMILES string of the molecule is CC1CN(C(=O)OC(C)(C)C)CCN1CCC#N. The van der Waals surface area contributed by atoms with E-state index in [0.29, 0.717) is 19.5 Å². The molecule has 0 saturated carbocycles.